The molecule has 0 bridgehead atoms. The molecule has 1 fully saturated rings. The van der Waals surface area contributed by atoms with Gasteiger partial charge in [0, 0.05) is 21.9 Å². The molecule has 1 N–H and O–H groups in total. The minimum absolute atomic E-state index is 0.0210. The van der Waals surface area contributed by atoms with Gasteiger partial charge in [-0.25, -0.2) is 0 Å². The van der Waals surface area contributed by atoms with Crippen molar-refractivity contribution in [3.05, 3.63) is 56.3 Å². The molecule has 0 atom stereocenters. The van der Waals surface area contributed by atoms with Crippen LogP contribution in [0.5, 0.6) is 0 Å². The summed E-state index contributed by atoms with van der Waals surface area (Å²) < 4.78 is 0.218. The maximum absolute atomic E-state index is 12.3. The molecule has 0 spiro atoms. The van der Waals surface area contributed by atoms with Gasteiger partial charge in [0.25, 0.3) is 11.6 Å². The van der Waals surface area contributed by atoms with Crippen LogP contribution < -0.4 is 0 Å². The second-order valence-electron chi connectivity index (χ2n) is 5.17. The van der Waals surface area contributed by atoms with Crippen LogP contribution >= 0.6 is 35.3 Å². The number of amides is 1. The average molecular weight is 406 g/mol. The van der Waals surface area contributed by atoms with Crippen molar-refractivity contribution in [2.24, 2.45) is 0 Å². The van der Waals surface area contributed by atoms with E-state index in [1.807, 2.05) is 12.1 Å². The lowest BCUT2D eigenvalue weighted by molar-refractivity contribution is -0.384. The number of nitro groups is 1. The summed E-state index contributed by atoms with van der Waals surface area (Å²) in [6.45, 7) is -0.458. The highest BCUT2D eigenvalue weighted by Crippen LogP contribution is 2.35. The van der Waals surface area contributed by atoms with Crippen molar-refractivity contribution in [3.63, 3.8) is 0 Å². The van der Waals surface area contributed by atoms with Crippen LogP contribution in [-0.2, 0) is 9.59 Å². The number of thiophene rings is 1. The molecule has 0 unspecified atom stereocenters. The van der Waals surface area contributed by atoms with Gasteiger partial charge in [-0.2, -0.15) is 0 Å². The van der Waals surface area contributed by atoms with Crippen LogP contribution in [0.25, 0.3) is 16.5 Å². The summed E-state index contributed by atoms with van der Waals surface area (Å²) in [5.74, 6) is -1.55. The van der Waals surface area contributed by atoms with Crippen molar-refractivity contribution in [1.29, 1.82) is 0 Å². The standard InChI is InChI=1S/C16H10N2O5S3/c19-14(20)8-17-15(21)13(26-16(17)24)7-11-5-6-12(25-11)9-1-3-10(4-2-9)18(22)23/h1-7H,8H2,(H,19,20). The van der Waals surface area contributed by atoms with Gasteiger partial charge in [0.15, 0.2) is 0 Å². The fourth-order valence-electron chi connectivity index (χ4n) is 2.23. The zero-order valence-corrected chi connectivity index (χ0v) is 15.4. The lowest BCUT2D eigenvalue weighted by Gasteiger charge is -2.09. The van der Waals surface area contributed by atoms with Gasteiger partial charge >= 0.3 is 5.97 Å². The van der Waals surface area contributed by atoms with Crippen LogP contribution in [0.3, 0.4) is 0 Å². The second-order valence-corrected chi connectivity index (χ2v) is 7.96. The summed E-state index contributed by atoms with van der Waals surface area (Å²) in [6.07, 6.45) is 1.67. The lowest BCUT2D eigenvalue weighted by atomic mass is 10.2. The van der Waals surface area contributed by atoms with Gasteiger partial charge in [0.05, 0.1) is 9.83 Å². The average Bonchev–Trinajstić information content (AvgIpc) is 3.15. The Bertz CT molecular complexity index is 949. The predicted octanol–water partition coefficient (Wildman–Crippen LogP) is 3.61. The first kappa shape index (κ1) is 18.2. The van der Waals surface area contributed by atoms with Crippen LogP contribution in [0, 0.1) is 10.1 Å². The summed E-state index contributed by atoms with van der Waals surface area (Å²) in [6, 6.07) is 9.89. The van der Waals surface area contributed by atoms with Gasteiger partial charge in [0.2, 0.25) is 0 Å². The number of carbonyl (C=O) groups is 2. The first-order valence-electron chi connectivity index (χ1n) is 7.17. The van der Waals surface area contributed by atoms with Crippen LogP contribution in [0.15, 0.2) is 41.3 Å². The summed E-state index contributed by atoms with van der Waals surface area (Å²) >= 11 is 7.54. The molecule has 1 aromatic heterocycles. The van der Waals surface area contributed by atoms with E-state index in [2.05, 4.69) is 0 Å². The van der Waals surface area contributed by atoms with Crippen LogP contribution in [0.4, 0.5) is 5.69 Å². The van der Waals surface area contributed by atoms with Crippen molar-refractivity contribution < 1.29 is 19.6 Å². The predicted molar refractivity (Wildman–Crippen MR) is 104 cm³/mol. The number of carboxylic acid groups (broad SMARTS) is 1. The topological polar surface area (TPSA) is 101 Å². The number of rotatable bonds is 5. The molecule has 7 nitrogen and oxygen atoms in total. The van der Waals surface area contributed by atoms with Crippen molar-refractivity contribution in [3.8, 4) is 10.4 Å². The maximum Gasteiger partial charge on any atom is 0.323 e. The Morgan fingerprint density at radius 2 is 1.96 bits per heavy atom. The Balaban J connectivity index is 1.81. The number of benzene rings is 1. The van der Waals surface area contributed by atoms with E-state index in [9.17, 15) is 19.7 Å². The van der Waals surface area contributed by atoms with E-state index in [4.69, 9.17) is 17.3 Å². The Kier molecular flexibility index (Phi) is 5.16. The molecule has 2 aromatic rings. The Hall–Kier alpha value is -2.56. The fraction of sp³-hybridized carbons (Fsp3) is 0.0625. The third-order valence-corrected chi connectivity index (χ3v) is 5.89. The zero-order chi connectivity index (χ0) is 18.8. The minimum atomic E-state index is -1.13. The number of aliphatic carboxylic acids is 1. The fourth-order valence-corrected chi connectivity index (χ4v) is 4.51. The SMILES string of the molecule is O=C(O)CN1C(=O)C(=Cc2ccc(-c3ccc([N+](=O)[O-])cc3)s2)SC1=S. The van der Waals surface area contributed by atoms with Crippen molar-refractivity contribution in [2.45, 2.75) is 0 Å². The molecule has 1 saturated heterocycles. The Labute approximate surface area is 161 Å². The zero-order valence-electron chi connectivity index (χ0n) is 12.9. The second kappa shape index (κ2) is 7.36. The van der Waals surface area contributed by atoms with Gasteiger partial charge in [-0.05, 0) is 35.9 Å². The molecule has 1 amide bonds. The molecule has 1 aliphatic heterocycles. The third kappa shape index (κ3) is 3.82. The highest BCUT2D eigenvalue weighted by molar-refractivity contribution is 8.26. The molecule has 1 aromatic carbocycles. The number of carboxylic acids is 1. The highest BCUT2D eigenvalue weighted by Gasteiger charge is 2.33. The number of thiocarbonyl (C=S) groups is 1. The number of hydrogen-bond donors (Lipinski definition) is 1. The van der Waals surface area contributed by atoms with E-state index in [-0.39, 0.29) is 10.0 Å². The van der Waals surface area contributed by atoms with E-state index in [0.717, 1.165) is 32.0 Å². The Morgan fingerprint density at radius 3 is 2.58 bits per heavy atom. The van der Waals surface area contributed by atoms with E-state index in [1.54, 1.807) is 18.2 Å². The molecule has 0 aliphatic carbocycles. The summed E-state index contributed by atoms with van der Waals surface area (Å²) in [5, 5.41) is 19.6. The van der Waals surface area contributed by atoms with E-state index >= 15 is 0 Å². The molecule has 1 aliphatic rings. The van der Waals surface area contributed by atoms with E-state index in [0.29, 0.717) is 4.91 Å². The minimum Gasteiger partial charge on any atom is -0.480 e. The first-order chi connectivity index (χ1) is 12.3. The quantitative estimate of drug-likeness (QED) is 0.350. The third-order valence-electron chi connectivity index (χ3n) is 3.43. The van der Waals surface area contributed by atoms with Crippen LogP contribution in [0.1, 0.15) is 4.88 Å². The van der Waals surface area contributed by atoms with E-state index < -0.39 is 23.3 Å². The number of carbonyl (C=O) groups excluding carboxylic acids is 1. The molecule has 132 valence electrons. The van der Waals surface area contributed by atoms with Gasteiger partial charge in [0.1, 0.15) is 10.9 Å². The van der Waals surface area contributed by atoms with Crippen LogP contribution in [-0.4, -0.2) is 37.7 Å². The maximum atomic E-state index is 12.3. The molecular weight excluding hydrogens is 396 g/mol. The number of nitro benzene ring substituents is 1. The summed E-state index contributed by atoms with van der Waals surface area (Å²) in [4.78, 5) is 36.5. The monoisotopic (exact) mass is 406 g/mol. The smallest absolute Gasteiger partial charge is 0.323 e. The van der Waals surface area contributed by atoms with Gasteiger partial charge < -0.3 is 5.11 Å². The molecule has 2 heterocycles. The lowest BCUT2D eigenvalue weighted by Crippen LogP contribution is -2.33. The Morgan fingerprint density at radius 1 is 1.27 bits per heavy atom. The first-order valence-corrected chi connectivity index (χ1v) is 9.21. The largest absolute Gasteiger partial charge is 0.480 e. The molecule has 26 heavy (non-hydrogen) atoms. The van der Waals surface area contributed by atoms with Gasteiger partial charge in [-0.15, -0.1) is 11.3 Å². The molecule has 10 heteroatoms. The number of hydrogen-bond acceptors (Lipinski definition) is 7. The van der Waals surface area contributed by atoms with Crippen molar-refractivity contribution >= 4 is 63.3 Å². The van der Waals surface area contributed by atoms with Crippen LogP contribution in [0.2, 0.25) is 0 Å². The highest BCUT2D eigenvalue weighted by atomic mass is 32.2. The van der Waals surface area contributed by atoms with Gasteiger partial charge in [-0.1, -0.05) is 24.0 Å². The van der Waals surface area contributed by atoms with E-state index in [1.165, 1.54) is 23.5 Å². The summed E-state index contributed by atoms with van der Waals surface area (Å²) in [5.41, 5.74) is 0.853. The number of thioether (sulfide) groups is 1. The summed E-state index contributed by atoms with van der Waals surface area (Å²) in [7, 11) is 0. The normalized spacial score (nSPS) is 15.7. The van der Waals surface area contributed by atoms with Crippen molar-refractivity contribution in [1.82, 2.24) is 4.90 Å². The molecular formula is C16H10N2O5S3. The molecule has 3 rings (SSSR count). The number of non-ortho nitro benzene ring substituents is 1. The molecule has 0 radical (unpaired) electrons. The van der Waals surface area contributed by atoms with Crippen molar-refractivity contribution in [2.75, 3.05) is 6.54 Å². The number of nitrogens with zero attached hydrogens (tertiary/aromatic N) is 2. The van der Waals surface area contributed by atoms with Gasteiger partial charge in [-0.3, -0.25) is 24.6 Å². The molecule has 0 saturated carbocycles.